The minimum absolute atomic E-state index is 0.0174. The zero-order chi connectivity index (χ0) is 11.1. The molecule has 0 aliphatic carbocycles. The molecule has 0 aromatic carbocycles. The quantitative estimate of drug-likeness (QED) is 0.725. The maximum Gasteiger partial charge on any atom is 0.316 e. The van der Waals surface area contributed by atoms with Crippen molar-refractivity contribution >= 4 is 5.91 Å². The van der Waals surface area contributed by atoms with Crippen LogP contribution in [0, 0.1) is 6.92 Å². The van der Waals surface area contributed by atoms with E-state index in [4.69, 9.17) is 4.74 Å². The number of amides is 1. The van der Waals surface area contributed by atoms with E-state index in [2.05, 4.69) is 15.3 Å². The Hall–Kier alpha value is -1.65. The van der Waals surface area contributed by atoms with E-state index in [1.807, 2.05) is 6.92 Å². The third-order valence-electron chi connectivity index (χ3n) is 1.83. The Morgan fingerprint density at radius 1 is 1.60 bits per heavy atom. The van der Waals surface area contributed by atoms with Gasteiger partial charge in [0.2, 0.25) is 5.91 Å². The van der Waals surface area contributed by atoms with Crippen molar-refractivity contribution < 1.29 is 9.53 Å². The van der Waals surface area contributed by atoms with Crippen molar-refractivity contribution in [2.45, 2.75) is 19.8 Å². The van der Waals surface area contributed by atoms with Gasteiger partial charge in [-0.1, -0.05) is 0 Å². The van der Waals surface area contributed by atoms with Crippen LogP contribution in [0.25, 0.3) is 0 Å². The maximum atomic E-state index is 10.9. The van der Waals surface area contributed by atoms with Crippen LogP contribution < -0.4 is 10.1 Å². The first-order chi connectivity index (χ1) is 7.22. The highest BCUT2D eigenvalue weighted by Gasteiger charge is 2.00. The van der Waals surface area contributed by atoms with Crippen molar-refractivity contribution in [3.8, 4) is 6.01 Å². The molecule has 0 aliphatic heterocycles. The van der Waals surface area contributed by atoms with Gasteiger partial charge in [0.25, 0.3) is 0 Å². The molecule has 5 nitrogen and oxygen atoms in total. The van der Waals surface area contributed by atoms with Gasteiger partial charge in [-0.3, -0.25) is 4.79 Å². The third-order valence-corrected chi connectivity index (χ3v) is 1.83. The minimum Gasteiger partial charge on any atom is -0.463 e. The molecule has 1 amide bonds. The van der Waals surface area contributed by atoms with Crippen LogP contribution in [0.5, 0.6) is 6.01 Å². The summed E-state index contributed by atoms with van der Waals surface area (Å²) in [7, 11) is 1.62. The molecule has 1 aromatic heterocycles. The highest BCUT2D eigenvalue weighted by Crippen LogP contribution is 2.02. The Morgan fingerprint density at radius 3 is 3.07 bits per heavy atom. The third kappa shape index (κ3) is 4.39. The van der Waals surface area contributed by atoms with Gasteiger partial charge >= 0.3 is 6.01 Å². The van der Waals surface area contributed by atoms with Gasteiger partial charge in [-0.2, -0.15) is 0 Å². The molecular formula is C10H15N3O2. The predicted molar refractivity (Wildman–Crippen MR) is 55.6 cm³/mol. The molecule has 0 radical (unpaired) electrons. The van der Waals surface area contributed by atoms with E-state index >= 15 is 0 Å². The van der Waals surface area contributed by atoms with Crippen molar-refractivity contribution in [3.63, 3.8) is 0 Å². The molecule has 0 bridgehead atoms. The van der Waals surface area contributed by atoms with Gasteiger partial charge < -0.3 is 10.1 Å². The fourth-order valence-electron chi connectivity index (χ4n) is 1.02. The summed E-state index contributed by atoms with van der Waals surface area (Å²) in [4.78, 5) is 18.9. The van der Waals surface area contributed by atoms with E-state index in [-0.39, 0.29) is 5.91 Å². The van der Waals surface area contributed by atoms with Crippen molar-refractivity contribution in [2.75, 3.05) is 13.7 Å². The van der Waals surface area contributed by atoms with Crippen LogP contribution in [0.4, 0.5) is 0 Å². The van der Waals surface area contributed by atoms with Crippen LogP contribution in [-0.2, 0) is 4.79 Å². The van der Waals surface area contributed by atoms with Gasteiger partial charge in [0.05, 0.1) is 6.61 Å². The number of aryl methyl sites for hydroxylation is 1. The Morgan fingerprint density at radius 2 is 2.40 bits per heavy atom. The maximum absolute atomic E-state index is 10.9. The van der Waals surface area contributed by atoms with Gasteiger partial charge in [0.15, 0.2) is 0 Å². The topological polar surface area (TPSA) is 64.1 Å². The van der Waals surface area contributed by atoms with Crippen LogP contribution >= 0.6 is 0 Å². The Labute approximate surface area is 88.9 Å². The smallest absolute Gasteiger partial charge is 0.316 e. The molecule has 82 valence electrons. The molecule has 15 heavy (non-hydrogen) atoms. The highest BCUT2D eigenvalue weighted by atomic mass is 16.5. The minimum atomic E-state index is 0.0174. The number of carbonyl (C=O) groups is 1. The van der Waals surface area contributed by atoms with Crippen LogP contribution in [0.3, 0.4) is 0 Å². The second-order valence-corrected chi connectivity index (χ2v) is 3.11. The summed E-state index contributed by atoms with van der Waals surface area (Å²) in [5.74, 6) is 0.0174. The van der Waals surface area contributed by atoms with Gasteiger partial charge in [0.1, 0.15) is 0 Å². The molecule has 1 N–H and O–H groups in total. The fourth-order valence-corrected chi connectivity index (χ4v) is 1.02. The van der Waals surface area contributed by atoms with E-state index in [9.17, 15) is 4.79 Å². The zero-order valence-electron chi connectivity index (χ0n) is 8.99. The van der Waals surface area contributed by atoms with Crippen molar-refractivity contribution in [2.24, 2.45) is 0 Å². The van der Waals surface area contributed by atoms with Gasteiger partial charge in [-0.15, -0.1) is 0 Å². The number of nitrogens with one attached hydrogen (secondary N) is 1. The molecule has 0 unspecified atom stereocenters. The Kier molecular flexibility index (Phi) is 4.53. The summed E-state index contributed by atoms with van der Waals surface area (Å²) in [6, 6.07) is 2.17. The average molecular weight is 209 g/mol. The van der Waals surface area contributed by atoms with Crippen LogP contribution in [0.1, 0.15) is 18.5 Å². The summed E-state index contributed by atoms with van der Waals surface area (Å²) >= 11 is 0. The van der Waals surface area contributed by atoms with E-state index in [0.717, 1.165) is 5.69 Å². The summed E-state index contributed by atoms with van der Waals surface area (Å²) < 4.78 is 5.28. The first-order valence-corrected chi connectivity index (χ1v) is 4.85. The van der Waals surface area contributed by atoms with Crippen LogP contribution in [0.2, 0.25) is 0 Å². The number of ether oxygens (including phenoxy) is 1. The second-order valence-electron chi connectivity index (χ2n) is 3.11. The molecule has 0 saturated carbocycles. The Bertz CT molecular complexity index is 328. The van der Waals surface area contributed by atoms with E-state index in [1.54, 1.807) is 19.3 Å². The molecule has 0 aliphatic rings. The van der Waals surface area contributed by atoms with Crippen LogP contribution in [-0.4, -0.2) is 29.5 Å². The average Bonchev–Trinajstić information content (AvgIpc) is 2.24. The molecule has 0 atom stereocenters. The lowest BCUT2D eigenvalue weighted by Gasteiger charge is -2.03. The number of aromatic nitrogens is 2. The van der Waals surface area contributed by atoms with E-state index in [1.165, 1.54) is 0 Å². The molecule has 1 rings (SSSR count). The summed E-state index contributed by atoms with van der Waals surface area (Å²) in [6.45, 7) is 2.33. The van der Waals surface area contributed by atoms with Crippen molar-refractivity contribution in [1.82, 2.24) is 15.3 Å². The number of nitrogens with zero attached hydrogens (tertiary/aromatic N) is 2. The lowest BCUT2D eigenvalue weighted by Crippen LogP contribution is -2.18. The van der Waals surface area contributed by atoms with Gasteiger partial charge in [-0.25, -0.2) is 9.97 Å². The first kappa shape index (κ1) is 11.4. The molecule has 0 spiro atoms. The standard InChI is InChI=1S/C10H15N3O2/c1-8-5-6-12-10(13-8)15-7-3-4-9(14)11-2/h5-6H,3-4,7H2,1-2H3,(H,11,14). The van der Waals surface area contributed by atoms with Crippen molar-refractivity contribution in [1.29, 1.82) is 0 Å². The lowest BCUT2D eigenvalue weighted by molar-refractivity contribution is -0.120. The molecule has 1 heterocycles. The molecule has 0 fully saturated rings. The largest absolute Gasteiger partial charge is 0.463 e. The van der Waals surface area contributed by atoms with Gasteiger partial charge in [0, 0.05) is 25.4 Å². The second kappa shape index (κ2) is 5.95. The number of carbonyl (C=O) groups excluding carboxylic acids is 1. The summed E-state index contributed by atoms with van der Waals surface area (Å²) in [5, 5.41) is 2.55. The highest BCUT2D eigenvalue weighted by molar-refractivity contribution is 5.75. The number of hydrogen-bond donors (Lipinski definition) is 1. The van der Waals surface area contributed by atoms with E-state index < -0.39 is 0 Å². The molecule has 1 aromatic rings. The molecular weight excluding hydrogens is 194 g/mol. The molecule has 5 heteroatoms. The van der Waals surface area contributed by atoms with Crippen LogP contribution in [0.15, 0.2) is 12.3 Å². The SMILES string of the molecule is CNC(=O)CCCOc1nccc(C)n1. The lowest BCUT2D eigenvalue weighted by atomic mass is 10.3. The van der Waals surface area contributed by atoms with E-state index in [0.29, 0.717) is 25.5 Å². The predicted octanol–water partition coefficient (Wildman–Crippen LogP) is 0.690. The Balaban J connectivity index is 2.23. The molecule has 0 saturated heterocycles. The number of rotatable bonds is 5. The van der Waals surface area contributed by atoms with Gasteiger partial charge in [-0.05, 0) is 19.4 Å². The zero-order valence-corrected chi connectivity index (χ0v) is 8.99. The normalized spacial score (nSPS) is 9.73. The summed E-state index contributed by atoms with van der Waals surface area (Å²) in [6.07, 6.45) is 2.77. The summed E-state index contributed by atoms with van der Waals surface area (Å²) in [5.41, 5.74) is 0.867. The monoisotopic (exact) mass is 209 g/mol. The first-order valence-electron chi connectivity index (χ1n) is 4.85. The number of hydrogen-bond acceptors (Lipinski definition) is 4. The van der Waals surface area contributed by atoms with Crippen molar-refractivity contribution in [3.05, 3.63) is 18.0 Å². The fraction of sp³-hybridized carbons (Fsp3) is 0.500.